The predicted octanol–water partition coefficient (Wildman–Crippen LogP) is -1.80. The van der Waals surface area contributed by atoms with E-state index in [1.165, 1.54) is 5.57 Å². The fourth-order valence-electron chi connectivity index (χ4n) is 1.04. The van der Waals surface area contributed by atoms with Crippen LogP contribution < -0.4 is 14.0 Å². The fourth-order valence-corrected chi connectivity index (χ4v) is 1.04. The van der Waals surface area contributed by atoms with Crippen LogP contribution in [0, 0.1) is 10.2 Å². The number of hydrogen-bond donors (Lipinski definition) is 1. The van der Waals surface area contributed by atoms with Gasteiger partial charge in [-0.05, 0) is 12.0 Å². The molecule has 0 aromatic heterocycles. The van der Waals surface area contributed by atoms with Gasteiger partial charge in [0.05, 0.1) is 14.9 Å². The van der Waals surface area contributed by atoms with Gasteiger partial charge < -0.3 is 0 Å². The second-order valence-electron chi connectivity index (χ2n) is 3.60. The molecular formula is C12H17ClNO4+. The minimum absolute atomic E-state index is 1.06. The molecule has 5 nitrogen and oxygen atoms in total. The number of rotatable bonds is 2. The van der Waals surface area contributed by atoms with Crippen molar-refractivity contribution in [2.24, 2.45) is 0 Å². The molecule has 0 unspecified atom stereocenters. The largest absolute Gasteiger partial charge is 0.241 e. The van der Waals surface area contributed by atoms with E-state index < -0.39 is 10.2 Å². The molecule has 0 fully saturated rings. The monoisotopic (exact) mass is 274 g/mol. The van der Waals surface area contributed by atoms with E-state index in [1.54, 1.807) is 0 Å². The number of nitrogens with zero attached hydrogens (tertiary/aromatic N) is 1. The van der Waals surface area contributed by atoms with E-state index in [1.807, 2.05) is 31.0 Å². The topological polar surface area (TPSA) is 92.4 Å². The lowest BCUT2D eigenvalue weighted by atomic mass is 10.1. The molecule has 6 heteroatoms. The molecule has 0 amide bonds. The summed E-state index contributed by atoms with van der Waals surface area (Å²) in [5.74, 6) is 0. The molecule has 1 rings (SSSR count). The van der Waals surface area contributed by atoms with Gasteiger partial charge in [0.25, 0.3) is 0 Å². The Labute approximate surface area is 109 Å². The number of hydrogen-bond acceptors (Lipinski definition) is 4. The van der Waals surface area contributed by atoms with Crippen molar-refractivity contribution in [2.75, 3.05) is 14.1 Å². The van der Waals surface area contributed by atoms with Crippen LogP contribution in [-0.2, 0) is 0 Å². The highest BCUT2D eigenvalue weighted by molar-refractivity contribution is 5.66. The zero-order chi connectivity index (χ0) is 14.0. The molecule has 0 aliphatic heterocycles. The van der Waals surface area contributed by atoms with Gasteiger partial charge in [0.15, 0.2) is 6.21 Å². The van der Waals surface area contributed by atoms with E-state index in [4.69, 9.17) is 18.6 Å². The summed E-state index contributed by atoms with van der Waals surface area (Å²) in [5, 5.41) is 0. The van der Waals surface area contributed by atoms with Gasteiger partial charge in [-0.3, -0.25) is 0 Å². The van der Waals surface area contributed by atoms with Crippen LogP contribution in [0.25, 0.3) is 0 Å². The average Bonchev–Trinajstić information content (AvgIpc) is 2.23. The molecule has 1 aliphatic rings. The van der Waals surface area contributed by atoms with Crippen LogP contribution in [-0.4, -0.2) is 29.5 Å². The van der Waals surface area contributed by atoms with Crippen molar-refractivity contribution in [3.05, 3.63) is 48.1 Å². The van der Waals surface area contributed by atoms with Gasteiger partial charge in [-0.1, -0.05) is 36.5 Å². The van der Waals surface area contributed by atoms with Crippen LogP contribution in [0.4, 0.5) is 0 Å². The summed E-state index contributed by atoms with van der Waals surface area (Å²) in [5.41, 5.74) is 1.26. The lowest BCUT2D eigenvalue weighted by molar-refractivity contribution is -1.92. The summed E-state index contributed by atoms with van der Waals surface area (Å²) in [7, 11) is -0.671. The maximum Gasteiger partial charge on any atom is 0.162 e. The van der Waals surface area contributed by atoms with E-state index in [0.717, 1.165) is 6.42 Å². The third kappa shape index (κ3) is 14.8. The summed E-state index contributed by atoms with van der Waals surface area (Å²) in [6, 6.07) is 0. The molecule has 1 N–H and O–H groups in total. The van der Waals surface area contributed by atoms with Gasteiger partial charge in [-0.25, -0.2) is 4.58 Å². The maximum atomic E-state index is 8.60. The Morgan fingerprint density at radius 1 is 1.17 bits per heavy atom. The first-order valence-corrected chi connectivity index (χ1v) is 6.40. The van der Waals surface area contributed by atoms with Crippen LogP contribution in [0.1, 0.15) is 6.42 Å². The first-order valence-electron chi connectivity index (χ1n) is 5.13. The van der Waals surface area contributed by atoms with Gasteiger partial charge in [0, 0.05) is 6.08 Å². The number of halogens is 1. The van der Waals surface area contributed by atoms with E-state index in [2.05, 4.69) is 36.5 Å². The van der Waals surface area contributed by atoms with Crippen molar-refractivity contribution in [3.63, 3.8) is 0 Å². The van der Waals surface area contributed by atoms with E-state index in [9.17, 15) is 0 Å². The normalized spacial score (nSPS) is 14.2. The number of allylic oxidation sites excluding steroid dienone is 8. The minimum Gasteiger partial charge on any atom is -0.241 e. The molecular weight excluding hydrogens is 258 g/mol. The second-order valence-corrected chi connectivity index (χ2v) is 4.39. The van der Waals surface area contributed by atoms with E-state index >= 15 is 0 Å². The quantitative estimate of drug-likeness (QED) is 0.475. The maximum absolute atomic E-state index is 8.60. The summed E-state index contributed by atoms with van der Waals surface area (Å²) in [6.07, 6.45) is 17.9. The van der Waals surface area contributed by atoms with E-state index in [-0.39, 0.29) is 0 Å². The van der Waals surface area contributed by atoms with Gasteiger partial charge in [0.2, 0.25) is 0 Å². The summed E-state index contributed by atoms with van der Waals surface area (Å²) < 4.78 is 34.7. The molecule has 0 aromatic carbocycles. The molecule has 0 radical (unpaired) electrons. The Hall–Kier alpha value is -1.24. The van der Waals surface area contributed by atoms with Crippen molar-refractivity contribution in [2.45, 2.75) is 6.42 Å². The highest BCUT2D eigenvalue weighted by Gasteiger charge is 1.98. The van der Waals surface area contributed by atoms with Gasteiger partial charge in [-0.2, -0.15) is 14.0 Å². The second kappa shape index (κ2) is 8.79. The van der Waals surface area contributed by atoms with Gasteiger partial charge in [0.1, 0.15) is 14.1 Å². The fraction of sp³-hybridized carbons (Fsp3) is 0.250. The smallest absolute Gasteiger partial charge is 0.162 e. The van der Waals surface area contributed by atoms with Crippen molar-refractivity contribution < 1.29 is 33.5 Å². The predicted molar refractivity (Wildman–Crippen MR) is 60.5 cm³/mol. The summed E-state index contributed by atoms with van der Waals surface area (Å²) in [4.78, 5) is 0. The molecule has 0 saturated heterocycles. The first kappa shape index (κ1) is 16.8. The SMILES string of the molecule is C[N+](C)=C/C=C/C=C1C=CCC=C1.[O-][Cl+3]([O-])([O-])O. The Bertz CT molecular complexity index is 365. The highest BCUT2D eigenvalue weighted by atomic mass is 35.7. The van der Waals surface area contributed by atoms with Gasteiger partial charge >= 0.3 is 0 Å². The molecule has 100 valence electrons. The summed E-state index contributed by atoms with van der Waals surface area (Å²) in [6.45, 7) is 0. The molecule has 0 aromatic rings. The molecule has 0 heterocycles. The average molecular weight is 275 g/mol. The van der Waals surface area contributed by atoms with Crippen LogP contribution >= 0.6 is 0 Å². The lowest BCUT2D eigenvalue weighted by Gasteiger charge is -2.03. The lowest BCUT2D eigenvalue weighted by Crippen LogP contribution is -2.58. The van der Waals surface area contributed by atoms with Crippen molar-refractivity contribution in [3.8, 4) is 0 Å². The Balaban J connectivity index is 0.000000494. The van der Waals surface area contributed by atoms with Crippen LogP contribution in [0.5, 0.6) is 0 Å². The third-order valence-electron chi connectivity index (χ3n) is 1.68. The molecule has 0 spiro atoms. The molecule has 0 bridgehead atoms. The molecule has 0 atom stereocenters. The van der Waals surface area contributed by atoms with Gasteiger partial charge in [-0.15, -0.1) is 0 Å². The molecule has 1 aliphatic carbocycles. The van der Waals surface area contributed by atoms with Crippen molar-refractivity contribution >= 4 is 6.21 Å². The van der Waals surface area contributed by atoms with E-state index in [0.29, 0.717) is 0 Å². The standard InChI is InChI=1S/C12H16N.ClHO4/c1-13(2)11-7-6-10-12-8-4-3-5-9-12;2-1(3,4)5/h4-11H,3H2,1-2H3;(H,2,3,4,5)/q+1;/b7-6+;. The zero-order valence-corrected chi connectivity index (χ0v) is 11.1. The van der Waals surface area contributed by atoms with Crippen LogP contribution in [0.2, 0.25) is 0 Å². The minimum atomic E-state index is -4.69. The van der Waals surface area contributed by atoms with Crippen LogP contribution in [0.15, 0.2) is 48.1 Å². The Morgan fingerprint density at radius 3 is 2.11 bits per heavy atom. The summed E-state index contributed by atoms with van der Waals surface area (Å²) >= 11 is 0. The Morgan fingerprint density at radius 2 is 1.67 bits per heavy atom. The van der Waals surface area contributed by atoms with Crippen molar-refractivity contribution in [1.82, 2.24) is 0 Å². The third-order valence-corrected chi connectivity index (χ3v) is 1.68. The highest BCUT2D eigenvalue weighted by Crippen LogP contribution is 2.07. The Kier molecular flexibility index (Phi) is 8.19. The molecule has 18 heavy (non-hydrogen) atoms. The van der Waals surface area contributed by atoms with Crippen molar-refractivity contribution in [1.29, 1.82) is 0 Å². The molecule has 0 saturated carbocycles. The first-order chi connectivity index (χ1) is 8.29. The van der Waals surface area contributed by atoms with Crippen LogP contribution in [0.3, 0.4) is 0 Å². The zero-order valence-electron chi connectivity index (χ0n) is 10.3.